The molecule has 0 aromatic carbocycles. The number of aromatic nitrogens is 3. The molecule has 0 aliphatic carbocycles. The fourth-order valence-electron chi connectivity index (χ4n) is 2.17. The van der Waals surface area contributed by atoms with Crippen LogP contribution in [0.2, 0.25) is 0 Å². The molecule has 0 N–H and O–H groups in total. The van der Waals surface area contributed by atoms with Crippen LogP contribution in [-0.2, 0) is 17.8 Å². The van der Waals surface area contributed by atoms with Gasteiger partial charge in [0, 0.05) is 12.5 Å². The molecule has 18 heavy (non-hydrogen) atoms. The molecular formula is C14H25N3O. The van der Waals surface area contributed by atoms with Gasteiger partial charge in [0.25, 0.3) is 0 Å². The van der Waals surface area contributed by atoms with Crippen molar-refractivity contribution in [1.82, 2.24) is 14.8 Å². The summed E-state index contributed by atoms with van der Waals surface area (Å²) >= 11 is 0. The lowest BCUT2D eigenvalue weighted by molar-refractivity contribution is -0.122. The lowest BCUT2D eigenvalue weighted by atomic mass is 9.93. The van der Waals surface area contributed by atoms with Crippen molar-refractivity contribution in [3.8, 4) is 0 Å². The van der Waals surface area contributed by atoms with Gasteiger partial charge < -0.3 is 0 Å². The molecule has 1 heterocycles. The number of hydrogen-bond donors (Lipinski definition) is 0. The molecule has 0 amide bonds. The molecule has 0 fully saturated rings. The van der Waals surface area contributed by atoms with Gasteiger partial charge in [-0.1, -0.05) is 33.6 Å². The Bertz CT molecular complexity index is 360. The summed E-state index contributed by atoms with van der Waals surface area (Å²) in [7, 11) is 0. The van der Waals surface area contributed by atoms with Gasteiger partial charge in [-0.15, -0.1) is 0 Å². The molecule has 0 radical (unpaired) electrons. The van der Waals surface area contributed by atoms with Gasteiger partial charge in [0.2, 0.25) is 0 Å². The SMILES string of the molecule is CCCCC(CC)C(=O)Cc1ncnn1CCC. The van der Waals surface area contributed by atoms with Crippen LogP contribution in [0.5, 0.6) is 0 Å². The van der Waals surface area contributed by atoms with E-state index in [1.807, 2.05) is 4.68 Å². The highest BCUT2D eigenvalue weighted by molar-refractivity contribution is 5.82. The van der Waals surface area contributed by atoms with Crippen LogP contribution in [-0.4, -0.2) is 20.5 Å². The number of carbonyl (C=O) groups excluding carboxylic acids is 1. The smallest absolute Gasteiger partial charge is 0.143 e. The van der Waals surface area contributed by atoms with Crippen LogP contribution >= 0.6 is 0 Å². The highest BCUT2D eigenvalue weighted by Gasteiger charge is 2.18. The van der Waals surface area contributed by atoms with Crippen LogP contribution in [0.15, 0.2) is 6.33 Å². The van der Waals surface area contributed by atoms with Gasteiger partial charge in [-0.05, 0) is 19.3 Å². The molecule has 1 aromatic heterocycles. The molecule has 0 aliphatic rings. The number of nitrogens with zero attached hydrogens (tertiary/aromatic N) is 3. The Hall–Kier alpha value is -1.19. The van der Waals surface area contributed by atoms with E-state index in [0.29, 0.717) is 12.2 Å². The van der Waals surface area contributed by atoms with Crippen molar-refractivity contribution in [2.45, 2.75) is 65.8 Å². The lowest BCUT2D eigenvalue weighted by Gasteiger charge is -2.13. The Morgan fingerprint density at radius 3 is 2.72 bits per heavy atom. The Kier molecular flexibility index (Phi) is 6.61. The van der Waals surface area contributed by atoms with E-state index >= 15 is 0 Å². The van der Waals surface area contributed by atoms with Crippen molar-refractivity contribution >= 4 is 5.78 Å². The molecule has 0 saturated carbocycles. The molecule has 0 saturated heterocycles. The van der Waals surface area contributed by atoms with E-state index in [1.54, 1.807) is 6.33 Å². The van der Waals surface area contributed by atoms with Crippen LogP contribution in [0.25, 0.3) is 0 Å². The van der Waals surface area contributed by atoms with Gasteiger partial charge in [0.15, 0.2) is 0 Å². The monoisotopic (exact) mass is 251 g/mol. The Morgan fingerprint density at radius 1 is 1.33 bits per heavy atom. The summed E-state index contributed by atoms with van der Waals surface area (Å²) in [6.07, 6.45) is 7.21. The van der Waals surface area contributed by atoms with Gasteiger partial charge in [-0.3, -0.25) is 4.79 Å². The van der Waals surface area contributed by atoms with Crippen LogP contribution in [0, 0.1) is 5.92 Å². The molecule has 4 nitrogen and oxygen atoms in total. The summed E-state index contributed by atoms with van der Waals surface area (Å²) in [5.41, 5.74) is 0. The number of rotatable bonds is 9. The van der Waals surface area contributed by atoms with Gasteiger partial charge in [0.05, 0.1) is 6.42 Å². The van der Waals surface area contributed by atoms with E-state index in [-0.39, 0.29) is 5.92 Å². The van der Waals surface area contributed by atoms with Crippen molar-refractivity contribution in [2.75, 3.05) is 0 Å². The maximum absolute atomic E-state index is 12.2. The normalized spacial score (nSPS) is 12.6. The second kappa shape index (κ2) is 8.01. The molecule has 1 unspecified atom stereocenters. The van der Waals surface area contributed by atoms with Crippen LogP contribution in [0.3, 0.4) is 0 Å². The zero-order chi connectivity index (χ0) is 13.4. The zero-order valence-electron chi connectivity index (χ0n) is 11.9. The predicted molar refractivity (Wildman–Crippen MR) is 72.3 cm³/mol. The van der Waals surface area contributed by atoms with Crippen molar-refractivity contribution < 1.29 is 4.79 Å². The molecule has 1 atom stereocenters. The highest BCUT2D eigenvalue weighted by atomic mass is 16.1. The first-order chi connectivity index (χ1) is 8.72. The number of carbonyl (C=O) groups is 1. The quantitative estimate of drug-likeness (QED) is 0.678. The molecule has 4 heteroatoms. The number of unbranched alkanes of at least 4 members (excludes halogenated alkanes) is 1. The second-order valence-corrected chi connectivity index (χ2v) is 4.79. The number of ketones is 1. The van der Waals surface area contributed by atoms with Crippen molar-refractivity contribution in [1.29, 1.82) is 0 Å². The fraction of sp³-hybridized carbons (Fsp3) is 0.786. The van der Waals surface area contributed by atoms with Gasteiger partial charge in [-0.25, -0.2) is 9.67 Å². The standard InChI is InChI=1S/C14H25N3O/c1-4-7-8-12(6-3)13(18)10-14-15-11-16-17(14)9-5-2/h11-12H,4-10H2,1-3H3. The van der Waals surface area contributed by atoms with Crippen LogP contribution < -0.4 is 0 Å². The zero-order valence-corrected chi connectivity index (χ0v) is 11.9. The average Bonchev–Trinajstić information content (AvgIpc) is 2.78. The first-order valence-electron chi connectivity index (χ1n) is 7.12. The topological polar surface area (TPSA) is 47.8 Å². The van der Waals surface area contributed by atoms with Crippen LogP contribution in [0.4, 0.5) is 0 Å². The molecule has 1 rings (SSSR count). The summed E-state index contributed by atoms with van der Waals surface area (Å²) in [5.74, 6) is 1.32. The summed E-state index contributed by atoms with van der Waals surface area (Å²) < 4.78 is 1.85. The van der Waals surface area contributed by atoms with Crippen LogP contribution in [0.1, 0.15) is 58.7 Å². The Balaban J connectivity index is 2.58. The molecule has 1 aromatic rings. The Labute approximate surface area is 110 Å². The van der Waals surface area contributed by atoms with Gasteiger partial charge in [-0.2, -0.15) is 5.10 Å². The molecular weight excluding hydrogens is 226 g/mol. The summed E-state index contributed by atoms with van der Waals surface area (Å²) in [6, 6.07) is 0. The third kappa shape index (κ3) is 4.24. The van der Waals surface area contributed by atoms with E-state index in [4.69, 9.17) is 0 Å². The minimum absolute atomic E-state index is 0.191. The third-order valence-corrected chi connectivity index (χ3v) is 3.32. The van der Waals surface area contributed by atoms with Gasteiger partial charge >= 0.3 is 0 Å². The molecule has 0 bridgehead atoms. The van der Waals surface area contributed by atoms with E-state index in [2.05, 4.69) is 30.9 Å². The number of hydrogen-bond acceptors (Lipinski definition) is 3. The maximum Gasteiger partial charge on any atom is 0.143 e. The summed E-state index contributed by atoms with van der Waals surface area (Å²) in [4.78, 5) is 16.4. The van der Waals surface area contributed by atoms with E-state index < -0.39 is 0 Å². The van der Waals surface area contributed by atoms with E-state index in [0.717, 1.165) is 44.5 Å². The predicted octanol–water partition coefficient (Wildman–Crippen LogP) is 3.02. The first-order valence-corrected chi connectivity index (χ1v) is 7.12. The van der Waals surface area contributed by atoms with E-state index in [9.17, 15) is 4.79 Å². The molecule has 0 aliphatic heterocycles. The van der Waals surface area contributed by atoms with Crippen molar-refractivity contribution in [2.24, 2.45) is 5.92 Å². The molecule has 0 spiro atoms. The van der Waals surface area contributed by atoms with E-state index in [1.165, 1.54) is 0 Å². The first kappa shape index (κ1) is 14.9. The minimum atomic E-state index is 0.191. The maximum atomic E-state index is 12.2. The summed E-state index contributed by atoms with van der Waals surface area (Å²) in [6.45, 7) is 7.20. The Morgan fingerprint density at radius 2 is 2.11 bits per heavy atom. The van der Waals surface area contributed by atoms with Crippen molar-refractivity contribution in [3.63, 3.8) is 0 Å². The van der Waals surface area contributed by atoms with Crippen molar-refractivity contribution in [3.05, 3.63) is 12.2 Å². The average molecular weight is 251 g/mol. The summed E-state index contributed by atoms with van der Waals surface area (Å²) in [5, 5.41) is 4.16. The largest absolute Gasteiger partial charge is 0.299 e. The van der Waals surface area contributed by atoms with Gasteiger partial charge in [0.1, 0.15) is 17.9 Å². The lowest BCUT2D eigenvalue weighted by Crippen LogP contribution is -2.19. The molecule has 102 valence electrons. The minimum Gasteiger partial charge on any atom is -0.299 e. The second-order valence-electron chi connectivity index (χ2n) is 4.79. The highest BCUT2D eigenvalue weighted by Crippen LogP contribution is 2.15. The fourth-order valence-corrected chi connectivity index (χ4v) is 2.17. The number of Topliss-reactive ketones (excluding diaryl/α,β-unsaturated/α-hetero) is 1. The number of aryl methyl sites for hydroxylation is 1. The third-order valence-electron chi connectivity index (χ3n) is 3.32.